The first-order valence-corrected chi connectivity index (χ1v) is 4.11. The molecule has 1 heterocycles. The highest BCUT2D eigenvalue weighted by Gasteiger charge is 2.23. The highest BCUT2D eigenvalue weighted by molar-refractivity contribution is 6.30. The zero-order valence-electron chi connectivity index (χ0n) is 6.58. The normalized spacial score (nSPS) is 21.0. The maximum atomic E-state index is 10.7. The number of ether oxygens (including phenoxy) is 1. The van der Waals surface area contributed by atoms with Crippen LogP contribution in [-0.4, -0.2) is 6.09 Å². The van der Waals surface area contributed by atoms with E-state index in [0.717, 1.165) is 5.56 Å². The monoisotopic (exact) mass is 198 g/mol. The fourth-order valence-electron chi connectivity index (χ4n) is 1.11. The number of hydrogen-bond donors (Lipinski definition) is 2. The fourth-order valence-corrected chi connectivity index (χ4v) is 1.31. The first-order valence-electron chi connectivity index (χ1n) is 3.73. The summed E-state index contributed by atoms with van der Waals surface area (Å²) in [7, 11) is 0. The lowest BCUT2D eigenvalue weighted by atomic mass is 10.2. The Morgan fingerprint density at radius 1 is 1.46 bits per heavy atom. The molecule has 13 heavy (non-hydrogen) atoms. The van der Waals surface area contributed by atoms with E-state index >= 15 is 0 Å². The van der Waals surface area contributed by atoms with Crippen LogP contribution in [0.2, 0.25) is 5.02 Å². The number of cyclic esters (lactones) is 1. The van der Waals surface area contributed by atoms with Gasteiger partial charge in [-0.25, -0.2) is 4.79 Å². The van der Waals surface area contributed by atoms with Gasteiger partial charge in [-0.15, -0.1) is 0 Å². The molecule has 0 saturated carbocycles. The molecule has 0 aliphatic carbocycles. The standard InChI is InChI=1S/C8H7ClN2O2/c9-6-3-1-2-5(4-6)7-10-11-8(12)13-7/h1-4,7,10H,(H,11,12). The highest BCUT2D eigenvalue weighted by Crippen LogP contribution is 2.20. The topological polar surface area (TPSA) is 50.4 Å². The van der Waals surface area contributed by atoms with Crippen molar-refractivity contribution >= 4 is 17.7 Å². The fraction of sp³-hybridized carbons (Fsp3) is 0.125. The largest absolute Gasteiger partial charge is 0.423 e. The molecule has 0 aromatic heterocycles. The summed E-state index contributed by atoms with van der Waals surface area (Å²) in [5.41, 5.74) is 5.81. The molecule has 1 aromatic rings. The van der Waals surface area contributed by atoms with Crippen molar-refractivity contribution in [3.8, 4) is 0 Å². The Morgan fingerprint density at radius 3 is 2.92 bits per heavy atom. The van der Waals surface area contributed by atoms with Crippen LogP contribution in [0, 0.1) is 0 Å². The molecule has 1 atom stereocenters. The minimum absolute atomic E-state index is 0.453. The molecule has 1 fully saturated rings. The third kappa shape index (κ3) is 1.74. The molecule has 2 N–H and O–H groups in total. The SMILES string of the molecule is O=C1NNC(c2cccc(Cl)c2)O1. The molecule has 4 nitrogen and oxygen atoms in total. The van der Waals surface area contributed by atoms with Crippen molar-refractivity contribution in [2.45, 2.75) is 6.23 Å². The lowest BCUT2D eigenvalue weighted by Gasteiger charge is -2.07. The van der Waals surface area contributed by atoms with E-state index in [4.69, 9.17) is 16.3 Å². The summed E-state index contributed by atoms with van der Waals surface area (Å²) in [6.07, 6.45) is -0.934. The average molecular weight is 199 g/mol. The second kappa shape index (κ2) is 3.24. The van der Waals surface area contributed by atoms with Gasteiger partial charge >= 0.3 is 6.09 Å². The maximum Gasteiger partial charge on any atom is 0.423 e. The van der Waals surface area contributed by atoms with E-state index in [9.17, 15) is 4.79 Å². The van der Waals surface area contributed by atoms with Gasteiger partial charge in [-0.3, -0.25) is 5.43 Å². The van der Waals surface area contributed by atoms with E-state index in [1.54, 1.807) is 18.2 Å². The third-order valence-electron chi connectivity index (χ3n) is 1.68. The molecule has 1 aromatic carbocycles. The molecule has 5 heteroatoms. The molecule has 0 spiro atoms. The molecule has 1 amide bonds. The molecule has 2 rings (SSSR count). The Balaban J connectivity index is 2.21. The number of hydrogen-bond acceptors (Lipinski definition) is 3. The van der Waals surface area contributed by atoms with Crippen LogP contribution in [-0.2, 0) is 4.74 Å². The van der Waals surface area contributed by atoms with E-state index in [-0.39, 0.29) is 0 Å². The van der Waals surface area contributed by atoms with Gasteiger partial charge in [0, 0.05) is 10.6 Å². The highest BCUT2D eigenvalue weighted by atomic mass is 35.5. The van der Waals surface area contributed by atoms with Gasteiger partial charge < -0.3 is 4.74 Å². The quantitative estimate of drug-likeness (QED) is 0.721. The van der Waals surface area contributed by atoms with E-state index in [1.807, 2.05) is 6.07 Å². The van der Waals surface area contributed by atoms with Crippen LogP contribution in [0.25, 0.3) is 0 Å². The van der Waals surface area contributed by atoms with Gasteiger partial charge in [0.05, 0.1) is 0 Å². The van der Waals surface area contributed by atoms with Crippen molar-refractivity contribution in [3.63, 3.8) is 0 Å². The molecule has 0 bridgehead atoms. The van der Waals surface area contributed by atoms with Crippen LogP contribution in [0.3, 0.4) is 0 Å². The number of amides is 1. The Hall–Kier alpha value is -1.26. The number of carbonyl (C=O) groups is 1. The van der Waals surface area contributed by atoms with Crippen LogP contribution < -0.4 is 10.9 Å². The number of benzene rings is 1. The van der Waals surface area contributed by atoms with Gasteiger partial charge in [0.2, 0.25) is 0 Å². The molecule has 68 valence electrons. The first kappa shape index (κ1) is 8.34. The van der Waals surface area contributed by atoms with Crippen LogP contribution in [0.5, 0.6) is 0 Å². The number of hydrazine groups is 1. The first-order chi connectivity index (χ1) is 6.25. The summed E-state index contributed by atoms with van der Waals surface area (Å²) in [5.74, 6) is 0. The summed E-state index contributed by atoms with van der Waals surface area (Å²) in [6.45, 7) is 0. The molecular weight excluding hydrogens is 192 g/mol. The summed E-state index contributed by atoms with van der Waals surface area (Å²) in [4.78, 5) is 10.7. The summed E-state index contributed by atoms with van der Waals surface area (Å²) >= 11 is 5.77. The Morgan fingerprint density at radius 2 is 2.31 bits per heavy atom. The van der Waals surface area contributed by atoms with Crippen molar-refractivity contribution in [2.24, 2.45) is 0 Å². The minimum Gasteiger partial charge on any atom is -0.423 e. The number of halogens is 1. The second-order valence-corrected chi connectivity index (χ2v) is 3.05. The van der Waals surface area contributed by atoms with Gasteiger partial charge in [0.25, 0.3) is 0 Å². The molecule has 1 aliphatic rings. The zero-order valence-corrected chi connectivity index (χ0v) is 7.34. The van der Waals surface area contributed by atoms with Crippen molar-refractivity contribution in [3.05, 3.63) is 34.9 Å². The smallest absolute Gasteiger partial charge is 0.423 e. The van der Waals surface area contributed by atoms with Crippen molar-refractivity contribution < 1.29 is 9.53 Å². The van der Waals surface area contributed by atoms with Gasteiger partial charge in [-0.1, -0.05) is 23.7 Å². The Labute approximate surface area is 79.8 Å². The predicted molar refractivity (Wildman–Crippen MR) is 46.9 cm³/mol. The van der Waals surface area contributed by atoms with E-state index in [0.29, 0.717) is 5.02 Å². The maximum absolute atomic E-state index is 10.7. The Bertz CT molecular complexity index is 343. The molecule has 1 aliphatic heterocycles. The van der Waals surface area contributed by atoms with E-state index in [1.165, 1.54) is 0 Å². The molecule has 1 saturated heterocycles. The van der Waals surface area contributed by atoms with Gasteiger partial charge in [-0.2, -0.15) is 5.43 Å². The lowest BCUT2D eigenvalue weighted by molar-refractivity contribution is 0.130. The van der Waals surface area contributed by atoms with Crippen LogP contribution in [0.15, 0.2) is 24.3 Å². The van der Waals surface area contributed by atoms with E-state index < -0.39 is 12.3 Å². The third-order valence-corrected chi connectivity index (χ3v) is 1.92. The van der Waals surface area contributed by atoms with Gasteiger partial charge in [0.1, 0.15) is 0 Å². The number of rotatable bonds is 1. The number of carbonyl (C=O) groups excluding carboxylic acids is 1. The minimum atomic E-state index is -0.482. The summed E-state index contributed by atoms with van der Waals surface area (Å²) in [6, 6.07) is 7.12. The Kier molecular flexibility index (Phi) is 2.08. The average Bonchev–Trinajstić information content (AvgIpc) is 2.52. The predicted octanol–water partition coefficient (Wildman–Crippen LogP) is 1.58. The molecule has 1 unspecified atom stereocenters. The number of nitrogens with one attached hydrogen (secondary N) is 2. The van der Waals surface area contributed by atoms with Crippen molar-refractivity contribution in [1.82, 2.24) is 10.9 Å². The van der Waals surface area contributed by atoms with E-state index in [2.05, 4.69) is 10.9 Å². The summed E-state index contributed by atoms with van der Waals surface area (Å²) < 4.78 is 4.88. The van der Waals surface area contributed by atoms with Crippen LogP contribution in [0.1, 0.15) is 11.8 Å². The molecule has 0 radical (unpaired) electrons. The van der Waals surface area contributed by atoms with Crippen LogP contribution in [0.4, 0.5) is 4.79 Å². The molecular formula is C8H7ClN2O2. The van der Waals surface area contributed by atoms with Gasteiger partial charge in [0.15, 0.2) is 6.23 Å². The van der Waals surface area contributed by atoms with Gasteiger partial charge in [-0.05, 0) is 12.1 Å². The summed E-state index contributed by atoms with van der Waals surface area (Å²) in [5, 5.41) is 0.613. The zero-order chi connectivity index (χ0) is 9.26. The van der Waals surface area contributed by atoms with Crippen molar-refractivity contribution in [1.29, 1.82) is 0 Å². The second-order valence-electron chi connectivity index (χ2n) is 2.61. The lowest BCUT2D eigenvalue weighted by Crippen LogP contribution is -2.26. The van der Waals surface area contributed by atoms with Crippen molar-refractivity contribution in [2.75, 3.05) is 0 Å². The van der Waals surface area contributed by atoms with Crippen LogP contribution >= 0.6 is 11.6 Å².